The Kier molecular flexibility index (Phi) is 4.09. The summed E-state index contributed by atoms with van der Waals surface area (Å²) in [5.41, 5.74) is 5.63. The second-order valence-electron chi connectivity index (χ2n) is 3.79. The number of hydrogen-bond donors (Lipinski definition) is 2. The van der Waals surface area contributed by atoms with Crippen LogP contribution in [0.2, 0.25) is 0 Å². The molecule has 1 aromatic carbocycles. The average Bonchev–Trinajstić information content (AvgIpc) is 2.46. The van der Waals surface area contributed by atoms with Crippen LogP contribution in [0.1, 0.15) is 0 Å². The summed E-state index contributed by atoms with van der Waals surface area (Å²) in [5, 5.41) is 2.88. The Labute approximate surface area is 116 Å². The highest BCUT2D eigenvalue weighted by Gasteiger charge is 2.14. The Morgan fingerprint density at radius 2 is 1.75 bits per heavy atom. The molecule has 7 heteroatoms. The highest BCUT2D eigenvalue weighted by atomic mass is 16.5. The lowest BCUT2D eigenvalue weighted by Gasteiger charge is -2.13. The fourth-order valence-corrected chi connectivity index (χ4v) is 1.65. The van der Waals surface area contributed by atoms with E-state index in [1.165, 1.54) is 0 Å². The first kappa shape index (κ1) is 13.7. The van der Waals surface area contributed by atoms with Crippen LogP contribution in [-0.4, -0.2) is 31.2 Å². The van der Waals surface area contributed by atoms with Crippen LogP contribution in [0.3, 0.4) is 0 Å². The Balaban J connectivity index is 2.41. The number of nitrogens with one attached hydrogen (secondary N) is 1. The summed E-state index contributed by atoms with van der Waals surface area (Å²) < 4.78 is 16.2. The second kappa shape index (κ2) is 5.96. The molecule has 0 aliphatic carbocycles. The third kappa shape index (κ3) is 2.82. The number of nitrogens with two attached hydrogens (primary N) is 1. The predicted molar refractivity (Wildman–Crippen MR) is 75.6 cm³/mol. The molecule has 2 rings (SSSR count). The van der Waals surface area contributed by atoms with Crippen LogP contribution in [0.15, 0.2) is 24.3 Å². The van der Waals surface area contributed by atoms with E-state index in [1.54, 1.807) is 45.5 Å². The summed E-state index contributed by atoms with van der Waals surface area (Å²) in [6.07, 6.45) is 0. The van der Waals surface area contributed by atoms with E-state index in [0.29, 0.717) is 28.9 Å². The summed E-state index contributed by atoms with van der Waals surface area (Å²) in [6.45, 7) is 0. The molecule has 1 aromatic heterocycles. The van der Waals surface area contributed by atoms with Crippen molar-refractivity contribution in [3.05, 3.63) is 24.3 Å². The van der Waals surface area contributed by atoms with E-state index in [2.05, 4.69) is 15.3 Å². The molecule has 0 radical (unpaired) electrons. The van der Waals surface area contributed by atoms with Crippen LogP contribution in [0.25, 0.3) is 0 Å². The molecule has 0 bridgehead atoms. The molecule has 7 nitrogen and oxygen atoms in total. The number of nitrogens with zero attached hydrogens (tertiary/aromatic N) is 2. The van der Waals surface area contributed by atoms with Gasteiger partial charge in [-0.15, -0.1) is 0 Å². The van der Waals surface area contributed by atoms with Crippen molar-refractivity contribution in [2.45, 2.75) is 0 Å². The lowest BCUT2D eigenvalue weighted by molar-refractivity contribution is 0.342. The molecule has 0 spiro atoms. The van der Waals surface area contributed by atoms with E-state index in [1.807, 2.05) is 0 Å². The SMILES string of the molecule is CNc1cc(Oc2c(OC)cccc2OC)nc(N)n1. The number of ether oxygens (including phenoxy) is 3. The zero-order valence-corrected chi connectivity index (χ0v) is 11.5. The van der Waals surface area contributed by atoms with Crippen molar-refractivity contribution in [3.63, 3.8) is 0 Å². The van der Waals surface area contributed by atoms with Gasteiger partial charge in [0.1, 0.15) is 5.82 Å². The molecule has 106 valence electrons. The minimum absolute atomic E-state index is 0.112. The predicted octanol–water partition coefficient (Wildman–Crippen LogP) is 1.91. The van der Waals surface area contributed by atoms with E-state index in [-0.39, 0.29) is 5.95 Å². The van der Waals surface area contributed by atoms with Crippen LogP contribution in [0.4, 0.5) is 11.8 Å². The quantitative estimate of drug-likeness (QED) is 0.861. The van der Waals surface area contributed by atoms with Gasteiger partial charge < -0.3 is 25.3 Å². The molecular weight excluding hydrogens is 260 g/mol. The summed E-state index contributed by atoms with van der Waals surface area (Å²) in [6, 6.07) is 6.96. The fourth-order valence-electron chi connectivity index (χ4n) is 1.65. The maximum Gasteiger partial charge on any atom is 0.226 e. The van der Waals surface area contributed by atoms with Crippen molar-refractivity contribution < 1.29 is 14.2 Å². The van der Waals surface area contributed by atoms with Crippen LogP contribution >= 0.6 is 0 Å². The van der Waals surface area contributed by atoms with Gasteiger partial charge in [-0.25, -0.2) is 0 Å². The molecule has 0 amide bonds. The first-order valence-electron chi connectivity index (χ1n) is 5.89. The van der Waals surface area contributed by atoms with E-state index >= 15 is 0 Å². The third-order valence-corrected chi connectivity index (χ3v) is 2.57. The Morgan fingerprint density at radius 3 is 2.30 bits per heavy atom. The summed E-state index contributed by atoms with van der Waals surface area (Å²) in [4.78, 5) is 8.01. The molecule has 2 aromatic rings. The van der Waals surface area contributed by atoms with Crippen molar-refractivity contribution >= 4 is 11.8 Å². The molecule has 20 heavy (non-hydrogen) atoms. The molecular formula is C13H16N4O3. The molecule has 3 N–H and O–H groups in total. The maximum atomic E-state index is 5.72. The summed E-state index contributed by atoms with van der Waals surface area (Å²) in [5.74, 6) is 2.46. The first-order chi connectivity index (χ1) is 9.67. The molecule has 0 unspecified atom stereocenters. The van der Waals surface area contributed by atoms with Gasteiger partial charge in [0.05, 0.1) is 14.2 Å². The van der Waals surface area contributed by atoms with Crippen LogP contribution in [0, 0.1) is 0 Å². The van der Waals surface area contributed by atoms with Crippen LogP contribution in [0.5, 0.6) is 23.1 Å². The summed E-state index contributed by atoms with van der Waals surface area (Å²) >= 11 is 0. The number of benzene rings is 1. The normalized spacial score (nSPS) is 9.95. The molecule has 1 heterocycles. The van der Waals surface area contributed by atoms with Gasteiger partial charge in [-0.1, -0.05) is 6.07 Å². The van der Waals surface area contributed by atoms with Gasteiger partial charge in [0, 0.05) is 13.1 Å². The topological polar surface area (TPSA) is 91.5 Å². The lowest BCUT2D eigenvalue weighted by atomic mass is 10.3. The molecule has 0 aliphatic rings. The number of aromatic nitrogens is 2. The molecule has 0 aliphatic heterocycles. The average molecular weight is 276 g/mol. The summed E-state index contributed by atoms with van der Waals surface area (Å²) in [7, 11) is 4.83. The van der Waals surface area contributed by atoms with Crippen molar-refractivity contribution in [1.82, 2.24) is 9.97 Å². The van der Waals surface area contributed by atoms with Gasteiger partial charge in [0.25, 0.3) is 0 Å². The number of para-hydroxylation sites is 1. The van der Waals surface area contributed by atoms with E-state index in [4.69, 9.17) is 19.9 Å². The number of nitrogen functional groups attached to an aromatic ring is 1. The van der Waals surface area contributed by atoms with Crippen molar-refractivity contribution in [2.24, 2.45) is 0 Å². The zero-order chi connectivity index (χ0) is 14.5. The molecule has 0 atom stereocenters. The lowest BCUT2D eigenvalue weighted by Crippen LogP contribution is -2.02. The largest absolute Gasteiger partial charge is 0.493 e. The Morgan fingerprint density at radius 1 is 1.10 bits per heavy atom. The van der Waals surface area contributed by atoms with Crippen molar-refractivity contribution in [1.29, 1.82) is 0 Å². The minimum Gasteiger partial charge on any atom is -0.493 e. The zero-order valence-electron chi connectivity index (χ0n) is 11.5. The number of hydrogen-bond acceptors (Lipinski definition) is 7. The van der Waals surface area contributed by atoms with E-state index in [0.717, 1.165) is 0 Å². The van der Waals surface area contributed by atoms with Crippen molar-refractivity contribution in [3.8, 4) is 23.1 Å². The maximum absolute atomic E-state index is 5.72. The van der Waals surface area contributed by atoms with Gasteiger partial charge in [-0.05, 0) is 12.1 Å². The van der Waals surface area contributed by atoms with Gasteiger partial charge in [0.15, 0.2) is 11.5 Å². The third-order valence-electron chi connectivity index (χ3n) is 2.57. The Hall–Kier alpha value is -2.70. The van der Waals surface area contributed by atoms with Gasteiger partial charge in [-0.3, -0.25) is 0 Å². The monoisotopic (exact) mass is 276 g/mol. The van der Waals surface area contributed by atoms with Crippen molar-refractivity contribution in [2.75, 3.05) is 32.3 Å². The number of rotatable bonds is 5. The first-order valence-corrected chi connectivity index (χ1v) is 5.89. The number of methoxy groups -OCH3 is 2. The molecule has 0 saturated carbocycles. The van der Waals surface area contributed by atoms with E-state index in [9.17, 15) is 0 Å². The minimum atomic E-state index is 0.112. The Bertz CT molecular complexity index is 582. The van der Waals surface area contributed by atoms with Gasteiger partial charge >= 0.3 is 0 Å². The standard InChI is InChI=1S/C13H16N4O3/c1-15-10-7-11(17-13(14)16-10)20-12-8(18-2)5-4-6-9(12)19-3/h4-7H,1-3H3,(H3,14,15,16,17). The van der Waals surface area contributed by atoms with Gasteiger partial charge in [-0.2, -0.15) is 9.97 Å². The number of anilines is 2. The highest BCUT2D eigenvalue weighted by molar-refractivity contribution is 5.53. The molecule has 0 saturated heterocycles. The van der Waals surface area contributed by atoms with Crippen LogP contribution < -0.4 is 25.3 Å². The molecule has 0 fully saturated rings. The van der Waals surface area contributed by atoms with Gasteiger partial charge in [0.2, 0.25) is 17.6 Å². The smallest absolute Gasteiger partial charge is 0.226 e. The highest BCUT2D eigenvalue weighted by Crippen LogP contribution is 2.39. The fraction of sp³-hybridized carbons (Fsp3) is 0.231. The van der Waals surface area contributed by atoms with E-state index < -0.39 is 0 Å². The van der Waals surface area contributed by atoms with Crippen LogP contribution in [-0.2, 0) is 0 Å². The second-order valence-corrected chi connectivity index (χ2v) is 3.79.